The average Bonchev–Trinajstić information content (AvgIpc) is 2.55. The molecule has 1 fully saturated rings. The van der Waals surface area contributed by atoms with Gasteiger partial charge < -0.3 is 10.0 Å². The normalized spacial score (nSPS) is 14.9. The van der Waals surface area contributed by atoms with E-state index in [-0.39, 0.29) is 5.56 Å². The van der Waals surface area contributed by atoms with E-state index in [2.05, 4.69) is 9.97 Å². The van der Waals surface area contributed by atoms with Crippen LogP contribution >= 0.6 is 11.8 Å². The molecule has 1 aliphatic rings. The van der Waals surface area contributed by atoms with Crippen molar-refractivity contribution in [1.82, 2.24) is 9.97 Å². The minimum Gasteiger partial charge on any atom is -0.477 e. The van der Waals surface area contributed by atoms with Crippen LogP contribution < -0.4 is 4.90 Å². The van der Waals surface area contributed by atoms with Crippen LogP contribution in [-0.4, -0.2) is 45.6 Å². The number of nitrogens with zero attached hydrogens (tertiary/aromatic N) is 3. The van der Waals surface area contributed by atoms with Crippen molar-refractivity contribution in [3.63, 3.8) is 0 Å². The first-order valence-corrected chi connectivity index (χ1v) is 8.30. The highest BCUT2D eigenvalue weighted by molar-refractivity contribution is 7.99. The number of carbonyl (C=O) groups is 1. The van der Waals surface area contributed by atoms with Gasteiger partial charge in [0.1, 0.15) is 11.4 Å². The van der Waals surface area contributed by atoms with E-state index in [0.717, 1.165) is 35.7 Å². The van der Waals surface area contributed by atoms with E-state index in [1.54, 1.807) is 0 Å². The topological polar surface area (TPSA) is 66.3 Å². The van der Waals surface area contributed by atoms with Gasteiger partial charge in [0.05, 0.1) is 0 Å². The SMILES string of the molecule is Cc1cccc(-c2ncc(C(=O)O)c(N3CCSCC3)n2)c1. The number of carboxylic acid groups (broad SMARTS) is 1. The molecule has 2 heterocycles. The maximum absolute atomic E-state index is 11.5. The molecule has 3 rings (SSSR count). The van der Waals surface area contributed by atoms with Gasteiger partial charge in [-0.1, -0.05) is 23.8 Å². The number of rotatable bonds is 3. The fraction of sp³-hybridized carbons (Fsp3) is 0.312. The summed E-state index contributed by atoms with van der Waals surface area (Å²) in [5, 5.41) is 9.39. The van der Waals surface area contributed by atoms with Gasteiger partial charge in [0.2, 0.25) is 0 Å². The third-order valence-corrected chi connectivity index (χ3v) is 4.53. The second-order valence-electron chi connectivity index (χ2n) is 5.20. The largest absolute Gasteiger partial charge is 0.477 e. The molecule has 2 aromatic rings. The van der Waals surface area contributed by atoms with Crippen LogP contribution in [0.15, 0.2) is 30.5 Å². The Hall–Kier alpha value is -2.08. The zero-order valence-corrected chi connectivity index (χ0v) is 13.1. The average molecular weight is 315 g/mol. The maximum atomic E-state index is 11.5. The number of hydrogen-bond donors (Lipinski definition) is 1. The number of aryl methyl sites for hydroxylation is 1. The number of benzene rings is 1. The quantitative estimate of drug-likeness (QED) is 0.939. The highest BCUT2D eigenvalue weighted by atomic mass is 32.2. The first-order chi connectivity index (χ1) is 10.6. The van der Waals surface area contributed by atoms with E-state index >= 15 is 0 Å². The van der Waals surface area contributed by atoms with E-state index < -0.39 is 5.97 Å². The lowest BCUT2D eigenvalue weighted by atomic mass is 10.1. The van der Waals surface area contributed by atoms with E-state index in [9.17, 15) is 9.90 Å². The summed E-state index contributed by atoms with van der Waals surface area (Å²) >= 11 is 1.88. The molecule has 0 saturated carbocycles. The van der Waals surface area contributed by atoms with Crippen LogP contribution in [0.25, 0.3) is 11.4 Å². The number of aromatic carboxylic acids is 1. The van der Waals surface area contributed by atoms with Gasteiger partial charge in [0.15, 0.2) is 5.82 Å². The van der Waals surface area contributed by atoms with E-state index in [0.29, 0.717) is 11.6 Å². The monoisotopic (exact) mass is 315 g/mol. The van der Waals surface area contributed by atoms with Crippen LogP contribution in [0.4, 0.5) is 5.82 Å². The van der Waals surface area contributed by atoms with Gasteiger partial charge in [-0.25, -0.2) is 14.8 Å². The summed E-state index contributed by atoms with van der Waals surface area (Å²) in [6.45, 7) is 3.64. The highest BCUT2D eigenvalue weighted by Crippen LogP contribution is 2.25. The van der Waals surface area contributed by atoms with Crippen molar-refractivity contribution < 1.29 is 9.90 Å². The number of thioether (sulfide) groups is 1. The van der Waals surface area contributed by atoms with Crippen molar-refractivity contribution in [2.45, 2.75) is 6.92 Å². The van der Waals surface area contributed by atoms with Gasteiger partial charge in [0, 0.05) is 36.4 Å². The lowest BCUT2D eigenvalue weighted by Crippen LogP contribution is -2.34. The molecule has 0 spiro atoms. The minimum absolute atomic E-state index is 0.170. The van der Waals surface area contributed by atoms with Gasteiger partial charge in [-0.05, 0) is 13.0 Å². The Morgan fingerprint density at radius 2 is 2.09 bits per heavy atom. The Morgan fingerprint density at radius 3 is 2.77 bits per heavy atom. The summed E-state index contributed by atoms with van der Waals surface area (Å²) in [5.74, 6) is 2.09. The Kier molecular flexibility index (Phi) is 4.29. The molecule has 0 radical (unpaired) electrons. The number of carboxylic acids is 1. The highest BCUT2D eigenvalue weighted by Gasteiger charge is 2.21. The molecule has 1 aromatic heterocycles. The first-order valence-electron chi connectivity index (χ1n) is 7.15. The molecule has 0 atom stereocenters. The number of aromatic nitrogens is 2. The predicted octanol–water partition coefficient (Wildman–Crippen LogP) is 2.70. The smallest absolute Gasteiger partial charge is 0.341 e. The standard InChI is InChI=1S/C16H17N3O2S/c1-11-3-2-4-12(9-11)14-17-10-13(16(20)21)15(18-14)19-5-7-22-8-6-19/h2-4,9-10H,5-8H2,1H3,(H,20,21). The lowest BCUT2D eigenvalue weighted by Gasteiger charge is -2.28. The minimum atomic E-state index is -0.982. The van der Waals surface area contributed by atoms with Gasteiger partial charge in [-0.2, -0.15) is 11.8 Å². The summed E-state index contributed by atoms with van der Waals surface area (Å²) in [6, 6.07) is 7.92. The molecular formula is C16H17N3O2S. The molecule has 1 aliphatic heterocycles. The van der Waals surface area contributed by atoms with Crippen LogP contribution in [0.1, 0.15) is 15.9 Å². The third-order valence-electron chi connectivity index (χ3n) is 3.59. The molecular weight excluding hydrogens is 298 g/mol. The van der Waals surface area contributed by atoms with Crippen molar-refractivity contribution >= 4 is 23.5 Å². The van der Waals surface area contributed by atoms with E-state index in [1.807, 2.05) is 47.9 Å². The van der Waals surface area contributed by atoms with Crippen molar-refractivity contribution in [1.29, 1.82) is 0 Å². The third kappa shape index (κ3) is 3.06. The number of hydrogen-bond acceptors (Lipinski definition) is 5. The van der Waals surface area contributed by atoms with E-state index in [4.69, 9.17) is 0 Å². The van der Waals surface area contributed by atoms with Crippen LogP contribution in [0.3, 0.4) is 0 Å². The van der Waals surface area contributed by atoms with Crippen molar-refractivity contribution in [3.8, 4) is 11.4 Å². The van der Waals surface area contributed by atoms with Crippen LogP contribution in [0.5, 0.6) is 0 Å². The molecule has 0 unspecified atom stereocenters. The Bertz CT molecular complexity index is 700. The Morgan fingerprint density at radius 1 is 1.32 bits per heavy atom. The van der Waals surface area contributed by atoms with Crippen LogP contribution in [0.2, 0.25) is 0 Å². The molecule has 0 amide bonds. The molecule has 114 valence electrons. The van der Waals surface area contributed by atoms with Crippen molar-refractivity contribution in [2.24, 2.45) is 0 Å². The molecule has 6 heteroatoms. The summed E-state index contributed by atoms with van der Waals surface area (Å²) in [5.41, 5.74) is 2.20. The zero-order valence-electron chi connectivity index (χ0n) is 12.3. The molecule has 1 aromatic carbocycles. The molecule has 22 heavy (non-hydrogen) atoms. The zero-order chi connectivity index (χ0) is 15.5. The molecule has 1 N–H and O–H groups in total. The lowest BCUT2D eigenvalue weighted by molar-refractivity contribution is 0.0696. The van der Waals surface area contributed by atoms with Crippen molar-refractivity contribution in [3.05, 3.63) is 41.6 Å². The molecule has 5 nitrogen and oxygen atoms in total. The number of anilines is 1. The molecule has 0 aliphatic carbocycles. The molecule has 1 saturated heterocycles. The fourth-order valence-electron chi connectivity index (χ4n) is 2.46. The predicted molar refractivity (Wildman–Crippen MR) is 88.7 cm³/mol. The Labute approximate surface area is 133 Å². The van der Waals surface area contributed by atoms with Crippen molar-refractivity contribution in [2.75, 3.05) is 29.5 Å². The summed E-state index contributed by atoms with van der Waals surface area (Å²) < 4.78 is 0. The van der Waals surface area contributed by atoms with Gasteiger partial charge >= 0.3 is 5.97 Å². The van der Waals surface area contributed by atoms with Crippen LogP contribution in [0, 0.1) is 6.92 Å². The fourth-order valence-corrected chi connectivity index (χ4v) is 3.37. The second kappa shape index (κ2) is 6.36. The maximum Gasteiger partial charge on any atom is 0.341 e. The second-order valence-corrected chi connectivity index (χ2v) is 6.43. The summed E-state index contributed by atoms with van der Waals surface area (Å²) in [6.07, 6.45) is 1.42. The summed E-state index contributed by atoms with van der Waals surface area (Å²) in [7, 11) is 0. The van der Waals surface area contributed by atoms with E-state index in [1.165, 1.54) is 6.20 Å². The van der Waals surface area contributed by atoms with Gasteiger partial charge in [0.25, 0.3) is 0 Å². The first kappa shape index (κ1) is 14.8. The Balaban J connectivity index is 2.05. The summed E-state index contributed by atoms with van der Waals surface area (Å²) in [4.78, 5) is 22.3. The van der Waals surface area contributed by atoms with Gasteiger partial charge in [-0.3, -0.25) is 0 Å². The molecule has 0 bridgehead atoms. The van der Waals surface area contributed by atoms with Crippen LogP contribution in [-0.2, 0) is 0 Å². The van der Waals surface area contributed by atoms with Gasteiger partial charge in [-0.15, -0.1) is 0 Å².